The van der Waals surface area contributed by atoms with Crippen LogP contribution in [0.25, 0.3) is 0 Å². The van der Waals surface area contributed by atoms with Gasteiger partial charge in [0.25, 0.3) is 0 Å². The number of nitrogens with one attached hydrogen (secondary N) is 1. The van der Waals surface area contributed by atoms with Gasteiger partial charge in [0.15, 0.2) is 0 Å². The Bertz CT molecular complexity index is 507. The van der Waals surface area contributed by atoms with Crippen LogP contribution < -0.4 is 5.32 Å². The molecule has 0 bridgehead atoms. The molecule has 2 aromatic rings. The molecule has 0 aliphatic carbocycles. The van der Waals surface area contributed by atoms with Crippen LogP contribution in [0.2, 0.25) is 0 Å². The molecule has 0 fully saturated rings. The molecule has 0 saturated carbocycles. The van der Waals surface area contributed by atoms with Gasteiger partial charge in [0.2, 0.25) is 5.91 Å². The largest absolute Gasteiger partial charge is 0.349 e. The Kier molecular flexibility index (Phi) is 4.34. The summed E-state index contributed by atoms with van der Waals surface area (Å²) in [6, 6.07) is 11.8. The maximum Gasteiger partial charge on any atom is 0.225 e. The highest BCUT2D eigenvalue weighted by Crippen LogP contribution is 2.12. The third kappa shape index (κ3) is 3.68. The topological polar surface area (TPSA) is 46.9 Å². The lowest BCUT2D eigenvalue weighted by atomic mass is 10.1. The molecular formula is C15H19N3O. The van der Waals surface area contributed by atoms with E-state index >= 15 is 0 Å². The molecule has 2 rings (SSSR count). The predicted octanol–water partition coefficient (Wildman–Crippen LogP) is 2.40. The molecule has 0 saturated heterocycles. The summed E-state index contributed by atoms with van der Waals surface area (Å²) >= 11 is 0. The highest BCUT2D eigenvalue weighted by molar-refractivity contribution is 5.78. The quantitative estimate of drug-likeness (QED) is 0.894. The molecule has 0 radical (unpaired) electrons. The van der Waals surface area contributed by atoms with Gasteiger partial charge in [-0.05, 0) is 18.6 Å². The molecule has 1 aromatic carbocycles. The van der Waals surface area contributed by atoms with E-state index in [0.29, 0.717) is 6.54 Å². The minimum Gasteiger partial charge on any atom is -0.349 e. The van der Waals surface area contributed by atoms with Crippen LogP contribution in [0.3, 0.4) is 0 Å². The van der Waals surface area contributed by atoms with E-state index in [9.17, 15) is 4.79 Å². The van der Waals surface area contributed by atoms with Crippen molar-refractivity contribution in [1.29, 1.82) is 0 Å². The zero-order chi connectivity index (χ0) is 13.7. The van der Waals surface area contributed by atoms with E-state index < -0.39 is 0 Å². The number of carbonyl (C=O) groups excluding carboxylic acids is 1. The zero-order valence-corrected chi connectivity index (χ0v) is 11.3. The monoisotopic (exact) mass is 257 g/mol. The van der Waals surface area contributed by atoms with Gasteiger partial charge < -0.3 is 5.32 Å². The number of amides is 1. The van der Waals surface area contributed by atoms with Gasteiger partial charge in [-0.3, -0.25) is 9.48 Å². The molecule has 0 unspecified atom stereocenters. The van der Waals surface area contributed by atoms with Gasteiger partial charge in [0.1, 0.15) is 0 Å². The minimum absolute atomic E-state index is 0.0220. The van der Waals surface area contributed by atoms with Crippen LogP contribution in [0.4, 0.5) is 0 Å². The number of rotatable bonds is 5. The van der Waals surface area contributed by atoms with Crippen molar-refractivity contribution in [3.8, 4) is 0 Å². The van der Waals surface area contributed by atoms with Crippen LogP contribution in [-0.2, 0) is 11.3 Å². The van der Waals surface area contributed by atoms with Crippen LogP contribution in [0.1, 0.15) is 25.5 Å². The number of benzene rings is 1. The van der Waals surface area contributed by atoms with Crippen molar-refractivity contribution >= 4 is 5.91 Å². The van der Waals surface area contributed by atoms with E-state index in [0.717, 1.165) is 5.56 Å². The van der Waals surface area contributed by atoms with E-state index in [-0.39, 0.29) is 17.9 Å². The second-order valence-electron chi connectivity index (χ2n) is 4.77. The zero-order valence-electron chi connectivity index (χ0n) is 11.3. The first kappa shape index (κ1) is 13.3. The molecule has 1 amide bonds. The summed E-state index contributed by atoms with van der Waals surface area (Å²) in [6.07, 6.45) is 3.58. The van der Waals surface area contributed by atoms with Crippen molar-refractivity contribution in [2.75, 3.05) is 0 Å². The first-order valence-corrected chi connectivity index (χ1v) is 6.49. The summed E-state index contributed by atoms with van der Waals surface area (Å²) in [7, 11) is 0. The number of aromatic nitrogens is 2. The minimum atomic E-state index is -0.105. The Morgan fingerprint density at radius 2 is 2.00 bits per heavy atom. The summed E-state index contributed by atoms with van der Waals surface area (Å²) in [6.45, 7) is 4.50. The fourth-order valence-electron chi connectivity index (χ4n) is 1.95. The Morgan fingerprint density at radius 3 is 2.63 bits per heavy atom. The number of hydrogen-bond donors (Lipinski definition) is 1. The van der Waals surface area contributed by atoms with Gasteiger partial charge >= 0.3 is 0 Å². The second-order valence-corrected chi connectivity index (χ2v) is 4.77. The summed E-state index contributed by atoms with van der Waals surface area (Å²) in [5.41, 5.74) is 1.11. The van der Waals surface area contributed by atoms with Gasteiger partial charge in [0.05, 0.1) is 18.5 Å². The Labute approximate surface area is 113 Å². The fourth-order valence-corrected chi connectivity index (χ4v) is 1.95. The van der Waals surface area contributed by atoms with Crippen molar-refractivity contribution < 1.29 is 4.79 Å². The molecule has 0 spiro atoms. The summed E-state index contributed by atoms with van der Waals surface area (Å²) in [5, 5.41) is 7.14. The molecule has 1 heterocycles. The first-order chi connectivity index (χ1) is 9.16. The van der Waals surface area contributed by atoms with Gasteiger partial charge in [-0.1, -0.05) is 37.3 Å². The lowest BCUT2D eigenvalue weighted by Crippen LogP contribution is -2.33. The molecule has 4 heteroatoms. The third-order valence-electron chi connectivity index (χ3n) is 3.13. The average Bonchev–Trinajstić information content (AvgIpc) is 2.92. The SMILES string of the molecule is C[C@H](NC(=O)[C@@H](C)Cn1cccn1)c1ccccc1. The van der Waals surface area contributed by atoms with Crippen LogP contribution in [-0.4, -0.2) is 15.7 Å². The molecule has 100 valence electrons. The lowest BCUT2D eigenvalue weighted by molar-refractivity contribution is -0.125. The van der Waals surface area contributed by atoms with Gasteiger partial charge in [-0.2, -0.15) is 5.10 Å². The molecule has 0 aliphatic rings. The summed E-state index contributed by atoms with van der Waals surface area (Å²) < 4.78 is 1.78. The van der Waals surface area contributed by atoms with Crippen molar-refractivity contribution in [1.82, 2.24) is 15.1 Å². The van der Waals surface area contributed by atoms with E-state index in [4.69, 9.17) is 0 Å². The van der Waals surface area contributed by atoms with E-state index in [1.807, 2.05) is 56.4 Å². The highest BCUT2D eigenvalue weighted by atomic mass is 16.1. The van der Waals surface area contributed by atoms with Crippen molar-refractivity contribution in [3.05, 3.63) is 54.4 Å². The van der Waals surface area contributed by atoms with Crippen LogP contribution in [0.5, 0.6) is 0 Å². The molecular weight excluding hydrogens is 238 g/mol. The van der Waals surface area contributed by atoms with E-state index in [1.165, 1.54) is 0 Å². The summed E-state index contributed by atoms with van der Waals surface area (Å²) in [4.78, 5) is 12.1. The van der Waals surface area contributed by atoms with Crippen LogP contribution in [0.15, 0.2) is 48.8 Å². The fraction of sp³-hybridized carbons (Fsp3) is 0.333. The molecule has 19 heavy (non-hydrogen) atoms. The van der Waals surface area contributed by atoms with Crippen molar-refractivity contribution in [3.63, 3.8) is 0 Å². The third-order valence-corrected chi connectivity index (χ3v) is 3.13. The maximum absolute atomic E-state index is 12.1. The average molecular weight is 257 g/mol. The predicted molar refractivity (Wildman–Crippen MR) is 74.4 cm³/mol. The smallest absolute Gasteiger partial charge is 0.225 e. The van der Waals surface area contributed by atoms with Gasteiger partial charge in [-0.25, -0.2) is 0 Å². The van der Waals surface area contributed by atoms with Gasteiger partial charge in [-0.15, -0.1) is 0 Å². The van der Waals surface area contributed by atoms with Gasteiger partial charge in [0, 0.05) is 12.4 Å². The normalized spacial score (nSPS) is 13.8. The molecule has 2 atom stereocenters. The van der Waals surface area contributed by atoms with Crippen molar-refractivity contribution in [2.45, 2.75) is 26.4 Å². The highest BCUT2D eigenvalue weighted by Gasteiger charge is 2.16. The van der Waals surface area contributed by atoms with Crippen molar-refractivity contribution in [2.24, 2.45) is 5.92 Å². The van der Waals surface area contributed by atoms with E-state index in [2.05, 4.69) is 10.4 Å². The Hall–Kier alpha value is -2.10. The van der Waals surface area contributed by atoms with E-state index in [1.54, 1.807) is 10.9 Å². The Morgan fingerprint density at radius 1 is 1.26 bits per heavy atom. The lowest BCUT2D eigenvalue weighted by Gasteiger charge is -2.18. The number of nitrogens with zero attached hydrogens (tertiary/aromatic N) is 2. The molecule has 0 aliphatic heterocycles. The number of carbonyl (C=O) groups is 1. The second kappa shape index (κ2) is 6.18. The number of hydrogen-bond acceptors (Lipinski definition) is 2. The Balaban J connectivity index is 1.90. The molecule has 1 aromatic heterocycles. The summed E-state index contributed by atoms with van der Waals surface area (Å²) in [5.74, 6) is -0.0575. The van der Waals surface area contributed by atoms with Crippen LogP contribution >= 0.6 is 0 Å². The first-order valence-electron chi connectivity index (χ1n) is 6.49. The maximum atomic E-state index is 12.1. The van der Waals surface area contributed by atoms with Crippen LogP contribution in [0, 0.1) is 5.92 Å². The molecule has 4 nitrogen and oxygen atoms in total. The standard InChI is InChI=1S/C15H19N3O/c1-12(11-18-10-6-9-16-18)15(19)17-13(2)14-7-4-3-5-8-14/h3-10,12-13H,11H2,1-2H3,(H,17,19)/t12-,13-/m0/s1. The molecule has 1 N–H and O–H groups in total.